The highest BCUT2D eigenvalue weighted by Crippen LogP contribution is 2.30. The van der Waals surface area contributed by atoms with Gasteiger partial charge in [0.05, 0.1) is 11.3 Å². The van der Waals surface area contributed by atoms with Crippen molar-refractivity contribution in [2.75, 3.05) is 23.7 Å². The van der Waals surface area contributed by atoms with Gasteiger partial charge in [-0.25, -0.2) is 9.18 Å². The molecular formula is C14H19FN2O2. The van der Waals surface area contributed by atoms with E-state index in [1.54, 1.807) is 0 Å². The number of anilines is 2. The molecule has 0 amide bonds. The Kier molecular flexibility index (Phi) is 3.93. The molecule has 0 radical (unpaired) electrons. The van der Waals surface area contributed by atoms with Crippen molar-refractivity contribution in [3.05, 3.63) is 23.5 Å². The van der Waals surface area contributed by atoms with E-state index in [0.717, 1.165) is 38.4 Å². The van der Waals surface area contributed by atoms with Crippen LogP contribution in [-0.2, 0) is 0 Å². The molecule has 0 spiro atoms. The molecule has 1 aliphatic heterocycles. The fourth-order valence-corrected chi connectivity index (χ4v) is 2.59. The van der Waals surface area contributed by atoms with Gasteiger partial charge < -0.3 is 15.7 Å². The van der Waals surface area contributed by atoms with Crippen LogP contribution >= 0.6 is 0 Å². The van der Waals surface area contributed by atoms with Gasteiger partial charge in [-0.15, -0.1) is 0 Å². The normalized spacial score (nSPS) is 16.6. The van der Waals surface area contributed by atoms with Crippen molar-refractivity contribution >= 4 is 17.3 Å². The molecule has 2 rings (SSSR count). The average molecular weight is 266 g/mol. The molecule has 0 bridgehead atoms. The molecular weight excluding hydrogens is 247 g/mol. The zero-order chi connectivity index (χ0) is 14.0. The number of nitrogens with zero attached hydrogens (tertiary/aromatic N) is 1. The van der Waals surface area contributed by atoms with E-state index in [4.69, 9.17) is 10.8 Å². The van der Waals surface area contributed by atoms with Crippen molar-refractivity contribution < 1.29 is 14.3 Å². The zero-order valence-electron chi connectivity index (χ0n) is 11.0. The van der Waals surface area contributed by atoms with Crippen LogP contribution in [0.5, 0.6) is 0 Å². The molecule has 104 valence electrons. The van der Waals surface area contributed by atoms with Crippen molar-refractivity contribution in [1.82, 2.24) is 0 Å². The number of hydrogen-bond acceptors (Lipinski definition) is 3. The van der Waals surface area contributed by atoms with Crippen molar-refractivity contribution in [3.63, 3.8) is 0 Å². The molecule has 19 heavy (non-hydrogen) atoms. The Morgan fingerprint density at radius 1 is 1.47 bits per heavy atom. The summed E-state index contributed by atoms with van der Waals surface area (Å²) in [6.45, 7) is 3.68. The summed E-state index contributed by atoms with van der Waals surface area (Å²) in [5.41, 5.74) is 5.81. The zero-order valence-corrected chi connectivity index (χ0v) is 11.0. The second kappa shape index (κ2) is 5.47. The lowest BCUT2D eigenvalue weighted by atomic mass is 9.94. The predicted octanol–water partition coefficient (Wildman–Crippen LogP) is 2.73. The Bertz CT molecular complexity index is 483. The van der Waals surface area contributed by atoms with E-state index in [1.165, 1.54) is 6.07 Å². The molecule has 1 saturated heterocycles. The Balaban J connectivity index is 2.25. The Labute approximate surface area is 112 Å². The summed E-state index contributed by atoms with van der Waals surface area (Å²) >= 11 is 0. The standard InChI is InChI=1S/C14H19FN2O2/c1-2-9-3-5-17(6-4-9)13-7-10(14(18)19)12(16)8-11(13)15/h7-9H,2-6,16H2,1H3,(H,18,19). The maximum absolute atomic E-state index is 13.9. The third kappa shape index (κ3) is 2.80. The number of rotatable bonds is 3. The summed E-state index contributed by atoms with van der Waals surface area (Å²) in [5.74, 6) is -0.883. The smallest absolute Gasteiger partial charge is 0.337 e. The molecule has 1 aromatic rings. The molecule has 5 heteroatoms. The maximum atomic E-state index is 13.9. The number of carboxylic acids is 1. The fraction of sp³-hybridized carbons (Fsp3) is 0.500. The summed E-state index contributed by atoms with van der Waals surface area (Å²) in [5, 5.41) is 9.04. The molecule has 0 saturated carbocycles. The lowest BCUT2D eigenvalue weighted by Gasteiger charge is -2.33. The van der Waals surface area contributed by atoms with Gasteiger partial charge in [0.25, 0.3) is 0 Å². The lowest BCUT2D eigenvalue weighted by Crippen LogP contribution is -2.34. The van der Waals surface area contributed by atoms with E-state index in [9.17, 15) is 9.18 Å². The van der Waals surface area contributed by atoms with Gasteiger partial charge in [-0.1, -0.05) is 13.3 Å². The monoisotopic (exact) mass is 266 g/mol. The molecule has 1 fully saturated rings. The van der Waals surface area contributed by atoms with Crippen LogP contribution in [0.15, 0.2) is 12.1 Å². The minimum atomic E-state index is -1.12. The molecule has 1 heterocycles. The first-order chi connectivity index (χ1) is 9.02. The van der Waals surface area contributed by atoms with Gasteiger partial charge in [0, 0.05) is 18.8 Å². The number of piperidine rings is 1. The van der Waals surface area contributed by atoms with Crippen molar-refractivity contribution in [1.29, 1.82) is 0 Å². The van der Waals surface area contributed by atoms with Gasteiger partial charge in [-0.05, 0) is 30.9 Å². The molecule has 0 atom stereocenters. The number of benzene rings is 1. The van der Waals surface area contributed by atoms with E-state index in [2.05, 4.69) is 6.92 Å². The van der Waals surface area contributed by atoms with Crippen molar-refractivity contribution in [2.45, 2.75) is 26.2 Å². The topological polar surface area (TPSA) is 66.6 Å². The molecule has 1 aromatic carbocycles. The summed E-state index contributed by atoms with van der Waals surface area (Å²) in [7, 11) is 0. The molecule has 4 nitrogen and oxygen atoms in total. The molecule has 3 N–H and O–H groups in total. The number of aromatic carboxylic acids is 1. The second-order valence-corrected chi connectivity index (χ2v) is 5.03. The van der Waals surface area contributed by atoms with E-state index >= 15 is 0 Å². The fourth-order valence-electron chi connectivity index (χ4n) is 2.59. The first-order valence-electron chi connectivity index (χ1n) is 6.60. The van der Waals surface area contributed by atoms with Crippen LogP contribution in [0.25, 0.3) is 0 Å². The van der Waals surface area contributed by atoms with Gasteiger partial charge in [0.1, 0.15) is 5.82 Å². The Hall–Kier alpha value is -1.78. The van der Waals surface area contributed by atoms with Gasteiger partial charge in [0.2, 0.25) is 0 Å². The first-order valence-corrected chi connectivity index (χ1v) is 6.60. The highest BCUT2D eigenvalue weighted by atomic mass is 19.1. The van der Waals surface area contributed by atoms with Crippen LogP contribution in [0.4, 0.5) is 15.8 Å². The highest BCUT2D eigenvalue weighted by molar-refractivity contribution is 5.95. The third-order valence-corrected chi connectivity index (χ3v) is 3.88. The van der Waals surface area contributed by atoms with Crippen molar-refractivity contribution in [2.24, 2.45) is 5.92 Å². The number of halogens is 1. The average Bonchev–Trinajstić information content (AvgIpc) is 2.38. The van der Waals surface area contributed by atoms with E-state index in [1.807, 2.05) is 4.90 Å². The summed E-state index contributed by atoms with van der Waals surface area (Å²) in [4.78, 5) is 13.0. The van der Waals surface area contributed by atoms with Crippen molar-refractivity contribution in [3.8, 4) is 0 Å². The summed E-state index contributed by atoms with van der Waals surface area (Å²) in [6.07, 6.45) is 3.17. The number of nitrogens with two attached hydrogens (primary N) is 1. The number of carboxylic acid groups (broad SMARTS) is 1. The van der Waals surface area contributed by atoms with Gasteiger partial charge in [-0.2, -0.15) is 0 Å². The maximum Gasteiger partial charge on any atom is 0.337 e. The van der Waals surface area contributed by atoms with Crippen LogP contribution in [0, 0.1) is 11.7 Å². The predicted molar refractivity (Wildman–Crippen MR) is 73.0 cm³/mol. The quantitative estimate of drug-likeness (QED) is 0.825. The highest BCUT2D eigenvalue weighted by Gasteiger charge is 2.22. The van der Waals surface area contributed by atoms with Crippen LogP contribution in [-0.4, -0.2) is 24.2 Å². The molecule has 0 aliphatic carbocycles. The minimum Gasteiger partial charge on any atom is -0.478 e. The van der Waals surface area contributed by atoms with E-state index in [0.29, 0.717) is 11.6 Å². The van der Waals surface area contributed by atoms with E-state index < -0.39 is 11.8 Å². The number of nitrogen functional groups attached to an aromatic ring is 1. The number of carbonyl (C=O) groups is 1. The van der Waals surface area contributed by atoms with Crippen LogP contribution in [0.3, 0.4) is 0 Å². The van der Waals surface area contributed by atoms with Gasteiger partial charge in [0.15, 0.2) is 0 Å². The van der Waals surface area contributed by atoms with Gasteiger partial charge >= 0.3 is 5.97 Å². The lowest BCUT2D eigenvalue weighted by molar-refractivity contribution is 0.0698. The second-order valence-electron chi connectivity index (χ2n) is 5.03. The third-order valence-electron chi connectivity index (χ3n) is 3.88. The molecule has 1 aliphatic rings. The summed E-state index contributed by atoms with van der Waals surface area (Å²) < 4.78 is 13.9. The SMILES string of the molecule is CCC1CCN(c2cc(C(=O)O)c(N)cc2F)CC1. The number of hydrogen-bond donors (Lipinski definition) is 2. The van der Waals surface area contributed by atoms with Crippen LogP contribution in [0.2, 0.25) is 0 Å². The van der Waals surface area contributed by atoms with Crippen LogP contribution in [0.1, 0.15) is 36.5 Å². The Morgan fingerprint density at radius 3 is 2.63 bits per heavy atom. The molecule has 0 aromatic heterocycles. The van der Waals surface area contributed by atoms with Crippen LogP contribution < -0.4 is 10.6 Å². The van der Waals surface area contributed by atoms with Gasteiger partial charge in [-0.3, -0.25) is 0 Å². The Morgan fingerprint density at radius 2 is 2.11 bits per heavy atom. The van der Waals surface area contributed by atoms with E-state index in [-0.39, 0.29) is 11.3 Å². The summed E-state index contributed by atoms with van der Waals surface area (Å²) in [6, 6.07) is 2.45. The first kappa shape index (κ1) is 13.6. The minimum absolute atomic E-state index is 0.0304. The molecule has 0 unspecified atom stereocenters. The largest absolute Gasteiger partial charge is 0.478 e.